The molecule has 31 heavy (non-hydrogen) atoms. The Kier molecular flexibility index (Phi) is 7.63. The van der Waals surface area contributed by atoms with Gasteiger partial charge >= 0.3 is 5.97 Å². The van der Waals surface area contributed by atoms with Crippen molar-refractivity contribution in [2.45, 2.75) is 31.7 Å². The van der Waals surface area contributed by atoms with Crippen molar-refractivity contribution in [3.05, 3.63) is 36.4 Å². The topological polar surface area (TPSA) is 148 Å². The monoisotopic (exact) mass is 425 g/mol. The van der Waals surface area contributed by atoms with E-state index in [4.69, 9.17) is 16.2 Å². The van der Waals surface area contributed by atoms with Crippen molar-refractivity contribution in [1.29, 1.82) is 0 Å². The van der Waals surface area contributed by atoms with Gasteiger partial charge in [-0.3, -0.25) is 9.69 Å². The molecule has 0 bridgehead atoms. The summed E-state index contributed by atoms with van der Waals surface area (Å²) >= 11 is 0. The number of aromatic nitrogens is 1. The number of pyridine rings is 1. The van der Waals surface area contributed by atoms with E-state index in [9.17, 15) is 9.59 Å². The van der Waals surface area contributed by atoms with Crippen molar-refractivity contribution in [3.8, 4) is 5.75 Å². The Morgan fingerprint density at radius 3 is 2.71 bits per heavy atom. The number of likely N-dealkylation sites (tertiary alicyclic amines) is 1. The second-order valence-electron chi connectivity index (χ2n) is 7.27. The summed E-state index contributed by atoms with van der Waals surface area (Å²) in [5.41, 5.74) is 12.0. The summed E-state index contributed by atoms with van der Waals surface area (Å²) in [5.74, 6) is 0.188. The van der Waals surface area contributed by atoms with Crippen LogP contribution in [0, 0.1) is 0 Å². The van der Waals surface area contributed by atoms with E-state index in [1.807, 2.05) is 11.9 Å². The highest BCUT2D eigenvalue weighted by molar-refractivity contribution is 5.90. The van der Waals surface area contributed by atoms with Gasteiger partial charge in [-0.05, 0) is 50.7 Å². The highest BCUT2D eigenvalue weighted by Crippen LogP contribution is 2.31. The van der Waals surface area contributed by atoms with Gasteiger partial charge in [0.05, 0.1) is 0 Å². The summed E-state index contributed by atoms with van der Waals surface area (Å²) in [6, 6.07) is 9.81. The van der Waals surface area contributed by atoms with E-state index in [-0.39, 0.29) is 36.7 Å². The summed E-state index contributed by atoms with van der Waals surface area (Å²) in [7, 11) is 1.93. The number of nitrogens with two attached hydrogens (primary N) is 2. The second-order valence-corrected chi connectivity index (χ2v) is 7.27. The van der Waals surface area contributed by atoms with E-state index in [1.165, 1.54) is 0 Å². The van der Waals surface area contributed by atoms with E-state index >= 15 is 0 Å². The predicted octanol–water partition coefficient (Wildman–Crippen LogP) is 2.76. The number of ether oxygens (including phenoxy) is 1. The molecule has 1 atom stereocenters. The lowest BCUT2D eigenvalue weighted by Crippen LogP contribution is -2.44. The number of piperidine rings is 1. The van der Waals surface area contributed by atoms with E-state index in [1.54, 1.807) is 36.4 Å². The minimum absolute atomic E-state index is 0.104. The fourth-order valence-corrected chi connectivity index (χ4v) is 3.24. The molecule has 0 saturated carbocycles. The van der Waals surface area contributed by atoms with Gasteiger partial charge in [-0.25, -0.2) is 9.78 Å². The van der Waals surface area contributed by atoms with Gasteiger partial charge in [0.15, 0.2) is 11.6 Å². The molecule has 10 nitrogen and oxygen atoms in total. The third-order valence-corrected chi connectivity index (χ3v) is 4.93. The van der Waals surface area contributed by atoms with Gasteiger partial charge in [-0.1, -0.05) is 18.6 Å². The number of rotatable bonds is 7. The molecule has 1 amide bonds. The minimum atomic E-state index is -0.302. The van der Waals surface area contributed by atoms with Crippen LogP contribution < -0.4 is 21.5 Å². The van der Waals surface area contributed by atoms with Crippen molar-refractivity contribution in [2.24, 2.45) is 16.0 Å². The summed E-state index contributed by atoms with van der Waals surface area (Å²) < 4.78 is 5.62. The maximum absolute atomic E-state index is 12.6. The van der Waals surface area contributed by atoms with Crippen LogP contribution in [0.2, 0.25) is 0 Å². The molecule has 2 heterocycles. The van der Waals surface area contributed by atoms with Crippen LogP contribution in [-0.2, 0) is 9.59 Å². The number of nitrogens with zero attached hydrogens (tertiary/aromatic N) is 4. The van der Waals surface area contributed by atoms with Crippen molar-refractivity contribution in [1.82, 2.24) is 9.88 Å². The van der Waals surface area contributed by atoms with Crippen LogP contribution in [0.25, 0.3) is 0 Å². The Morgan fingerprint density at radius 1 is 1.19 bits per heavy atom. The van der Waals surface area contributed by atoms with Crippen molar-refractivity contribution < 1.29 is 14.3 Å². The molecular weight excluding hydrogens is 398 g/mol. The molecular formula is C21H27N7O3. The molecule has 10 heteroatoms. The van der Waals surface area contributed by atoms with Crippen LogP contribution in [0.3, 0.4) is 0 Å². The van der Waals surface area contributed by atoms with Gasteiger partial charge in [0.2, 0.25) is 5.91 Å². The van der Waals surface area contributed by atoms with E-state index in [2.05, 4.69) is 20.5 Å². The van der Waals surface area contributed by atoms with Gasteiger partial charge < -0.3 is 21.5 Å². The van der Waals surface area contributed by atoms with Gasteiger partial charge in [0.25, 0.3) is 0 Å². The van der Waals surface area contributed by atoms with Crippen LogP contribution in [-0.4, -0.2) is 47.9 Å². The number of hydrogen-bond donors (Lipinski definition) is 3. The first-order valence-corrected chi connectivity index (χ1v) is 10.2. The first-order chi connectivity index (χ1) is 15.0. The lowest BCUT2D eigenvalue weighted by molar-refractivity contribution is -0.141. The van der Waals surface area contributed by atoms with Crippen molar-refractivity contribution >= 4 is 34.9 Å². The third-order valence-electron chi connectivity index (χ3n) is 4.93. The standard InChI is InChI=1S/C21H27N7O3/c1-28-13-5-4-7-16(28)21(30)31-17-8-3-2-6-14(17)26-27-15-9-10-18(25-20(15)23)24-19(29)11-12-22/h2-3,6,8-10,16H,4-5,7,11-13,22H2,1H3,(H3,23,24,25,29)/t16-/m0/s1. The molecule has 1 aliphatic rings. The van der Waals surface area contributed by atoms with Crippen LogP contribution in [0.4, 0.5) is 23.0 Å². The Bertz CT molecular complexity index is 964. The first-order valence-electron chi connectivity index (χ1n) is 10.2. The van der Waals surface area contributed by atoms with E-state index in [0.29, 0.717) is 22.9 Å². The summed E-state index contributed by atoms with van der Waals surface area (Å²) in [4.78, 5) is 30.4. The number of hydrogen-bond acceptors (Lipinski definition) is 9. The average molecular weight is 425 g/mol. The number of likely N-dealkylation sites (N-methyl/N-ethyl adjacent to an activating group) is 1. The summed E-state index contributed by atoms with van der Waals surface area (Å²) in [6.07, 6.45) is 3.04. The molecule has 1 aromatic heterocycles. The Balaban J connectivity index is 1.71. The Morgan fingerprint density at radius 2 is 1.97 bits per heavy atom. The van der Waals surface area contributed by atoms with Gasteiger partial charge in [0, 0.05) is 13.0 Å². The van der Waals surface area contributed by atoms with Crippen LogP contribution in [0.15, 0.2) is 46.6 Å². The smallest absolute Gasteiger partial charge is 0.328 e. The number of carbonyl (C=O) groups is 2. The molecule has 2 aromatic rings. The number of esters is 1. The largest absolute Gasteiger partial charge is 0.423 e. The van der Waals surface area contributed by atoms with Crippen LogP contribution >= 0.6 is 0 Å². The number of anilines is 2. The third kappa shape index (κ3) is 6.06. The molecule has 1 saturated heterocycles. The molecule has 0 aliphatic carbocycles. The number of benzene rings is 1. The molecule has 0 spiro atoms. The lowest BCUT2D eigenvalue weighted by Gasteiger charge is -2.30. The number of carbonyl (C=O) groups excluding carboxylic acids is 2. The fourth-order valence-electron chi connectivity index (χ4n) is 3.24. The lowest BCUT2D eigenvalue weighted by atomic mass is 10.0. The minimum Gasteiger partial charge on any atom is -0.423 e. The summed E-state index contributed by atoms with van der Waals surface area (Å²) in [5, 5.41) is 10.9. The number of nitrogens with one attached hydrogen (secondary N) is 1. The van der Waals surface area contributed by atoms with Gasteiger partial charge in [0.1, 0.15) is 23.2 Å². The van der Waals surface area contributed by atoms with Crippen molar-refractivity contribution in [2.75, 3.05) is 31.2 Å². The number of azo groups is 1. The molecule has 3 rings (SSSR count). The second kappa shape index (κ2) is 10.6. The maximum atomic E-state index is 12.6. The van der Waals surface area contributed by atoms with E-state index < -0.39 is 0 Å². The number of nitrogen functional groups attached to an aromatic ring is 1. The summed E-state index contributed by atoms with van der Waals surface area (Å²) in [6.45, 7) is 1.12. The van der Waals surface area contributed by atoms with E-state index in [0.717, 1.165) is 25.8 Å². The van der Waals surface area contributed by atoms with Gasteiger partial charge in [-0.2, -0.15) is 0 Å². The average Bonchev–Trinajstić information content (AvgIpc) is 2.74. The Labute approximate surface area is 180 Å². The zero-order valence-electron chi connectivity index (χ0n) is 17.5. The molecule has 164 valence electrons. The SMILES string of the molecule is CN1CCCC[C@H]1C(=O)Oc1ccccc1N=Nc1ccc(NC(=O)CCN)nc1N. The van der Waals surface area contributed by atoms with Crippen molar-refractivity contribution in [3.63, 3.8) is 0 Å². The first kappa shape index (κ1) is 22.3. The van der Waals surface area contributed by atoms with Crippen LogP contribution in [0.5, 0.6) is 5.75 Å². The molecule has 1 aromatic carbocycles. The van der Waals surface area contributed by atoms with Gasteiger partial charge in [-0.15, -0.1) is 10.2 Å². The highest BCUT2D eigenvalue weighted by Gasteiger charge is 2.28. The zero-order chi connectivity index (χ0) is 22.2. The Hall–Kier alpha value is -3.37. The molecule has 1 fully saturated rings. The molecule has 1 aliphatic heterocycles. The number of amides is 1. The van der Waals surface area contributed by atoms with Crippen LogP contribution in [0.1, 0.15) is 25.7 Å². The normalized spacial score (nSPS) is 16.9. The fraction of sp³-hybridized carbons (Fsp3) is 0.381. The zero-order valence-corrected chi connectivity index (χ0v) is 17.5. The quantitative estimate of drug-likeness (QED) is 0.351. The predicted molar refractivity (Wildman–Crippen MR) is 117 cm³/mol. The molecule has 5 N–H and O–H groups in total. The highest BCUT2D eigenvalue weighted by atomic mass is 16.5. The number of para-hydroxylation sites is 1. The molecule has 0 unspecified atom stereocenters. The molecule has 0 radical (unpaired) electrons. The maximum Gasteiger partial charge on any atom is 0.328 e.